The Hall–Kier alpha value is -1.33. The van der Waals surface area contributed by atoms with Crippen molar-refractivity contribution in [2.24, 2.45) is 10.9 Å². The lowest BCUT2D eigenvalue weighted by Crippen LogP contribution is -2.40. The zero-order chi connectivity index (χ0) is 22.2. The molecule has 9 heteroatoms. The van der Waals surface area contributed by atoms with Crippen LogP contribution in [0.15, 0.2) is 28.6 Å². The Kier molecular flexibility index (Phi) is 11.3. The molecule has 3 rings (SSSR count). The molecule has 2 N–H and O–H groups in total. The van der Waals surface area contributed by atoms with Gasteiger partial charge < -0.3 is 10.6 Å². The molecule has 1 aliphatic heterocycles. The summed E-state index contributed by atoms with van der Waals surface area (Å²) in [6.45, 7) is 10.5. The highest BCUT2D eigenvalue weighted by atomic mass is 127. The van der Waals surface area contributed by atoms with Crippen LogP contribution in [0.25, 0.3) is 0 Å². The van der Waals surface area contributed by atoms with Gasteiger partial charge in [0.1, 0.15) is 11.6 Å². The fourth-order valence-corrected chi connectivity index (χ4v) is 4.55. The topological polar surface area (TPSA) is 52.6 Å². The number of piperidine rings is 1. The number of nitrogens with one attached hydrogen (secondary N) is 2. The van der Waals surface area contributed by atoms with Crippen molar-refractivity contribution in [3.63, 3.8) is 0 Å². The number of benzene rings is 1. The van der Waals surface area contributed by atoms with Gasteiger partial charge >= 0.3 is 0 Å². The molecule has 0 spiro atoms. The van der Waals surface area contributed by atoms with Crippen LogP contribution in [0, 0.1) is 17.6 Å². The summed E-state index contributed by atoms with van der Waals surface area (Å²) in [5.74, 6) is 0.0808. The van der Waals surface area contributed by atoms with Gasteiger partial charge in [0.25, 0.3) is 0 Å². The van der Waals surface area contributed by atoms with Gasteiger partial charge in [-0.1, -0.05) is 13.0 Å². The number of guanidine groups is 1. The van der Waals surface area contributed by atoms with E-state index < -0.39 is 11.6 Å². The lowest BCUT2D eigenvalue weighted by Gasteiger charge is -2.31. The largest absolute Gasteiger partial charge is 0.357 e. The molecule has 0 bridgehead atoms. The standard InChI is InChI=1S/C23H33F2N5S.HI/c1-4-22-29-19(15-31-22)14-30-10-8-17(9-11-30)13-27-23(26-5-2)28-16(3)20-7-6-18(24)12-21(20)25;/h6-7,12,15-17H,4-5,8-11,13-14H2,1-3H3,(H2,26,27,28);1H. The molecule has 5 nitrogen and oxygen atoms in total. The van der Waals surface area contributed by atoms with Crippen molar-refractivity contribution in [2.45, 2.75) is 52.6 Å². The van der Waals surface area contributed by atoms with Gasteiger partial charge in [0, 0.05) is 36.6 Å². The molecule has 0 aliphatic carbocycles. The zero-order valence-corrected chi connectivity index (χ0v) is 22.2. The number of hydrogen-bond donors (Lipinski definition) is 2. The van der Waals surface area contributed by atoms with Gasteiger partial charge in [-0.2, -0.15) is 0 Å². The van der Waals surface area contributed by atoms with E-state index in [4.69, 9.17) is 4.99 Å². The third kappa shape index (κ3) is 7.91. The Balaban J connectivity index is 0.00000363. The molecule has 1 unspecified atom stereocenters. The Morgan fingerprint density at radius 2 is 2.03 bits per heavy atom. The van der Waals surface area contributed by atoms with Gasteiger partial charge in [-0.15, -0.1) is 35.3 Å². The third-order valence-corrected chi connectivity index (χ3v) is 6.67. The number of rotatable bonds is 8. The maximum atomic E-state index is 14.1. The van der Waals surface area contributed by atoms with Crippen LogP contribution < -0.4 is 10.6 Å². The summed E-state index contributed by atoms with van der Waals surface area (Å²) in [7, 11) is 0. The molecule has 0 radical (unpaired) electrons. The molecule has 32 heavy (non-hydrogen) atoms. The van der Waals surface area contributed by atoms with Crippen LogP contribution in [0.5, 0.6) is 0 Å². The van der Waals surface area contributed by atoms with Crippen LogP contribution in [0.2, 0.25) is 0 Å². The van der Waals surface area contributed by atoms with E-state index in [0.29, 0.717) is 17.4 Å². The monoisotopic (exact) mass is 577 g/mol. The molecule has 1 aromatic heterocycles. The van der Waals surface area contributed by atoms with E-state index in [1.807, 2.05) is 13.8 Å². The quantitative estimate of drug-likeness (QED) is 0.260. The second-order valence-corrected chi connectivity index (χ2v) is 9.00. The summed E-state index contributed by atoms with van der Waals surface area (Å²) in [6, 6.07) is 3.36. The van der Waals surface area contributed by atoms with Gasteiger partial charge in [-0.25, -0.2) is 13.8 Å². The summed E-state index contributed by atoms with van der Waals surface area (Å²) < 4.78 is 27.3. The van der Waals surface area contributed by atoms with E-state index in [9.17, 15) is 8.78 Å². The molecule has 178 valence electrons. The van der Waals surface area contributed by atoms with Crippen LogP contribution in [-0.4, -0.2) is 42.0 Å². The number of aromatic nitrogens is 1. The van der Waals surface area contributed by atoms with E-state index in [1.54, 1.807) is 11.3 Å². The minimum atomic E-state index is -0.569. The predicted molar refractivity (Wildman–Crippen MR) is 139 cm³/mol. The van der Waals surface area contributed by atoms with Crippen molar-refractivity contribution in [1.29, 1.82) is 0 Å². The van der Waals surface area contributed by atoms with E-state index >= 15 is 0 Å². The maximum Gasteiger partial charge on any atom is 0.191 e. The number of aryl methyl sites for hydroxylation is 1. The maximum absolute atomic E-state index is 14.1. The molecular weight excluding hydrogens is 543 g/mol. The second-order valence-electron chi connectivity index (χ2n) is 8.06. The number of thiazole rings is 1. The highest BCUT2D eigenvalue weighted by Crippen LogP contribution is 2.21. The van der Waals surface area contributed by atoms with Crippen LogP contribution >= 0.6 is 35.3 Å². The summed E-state index contributed by atoms with van der Waals surface area (Å²) in [4.78, 5) is 11.9. The number of hydrogen-bond acceptors (Lipinski definition) is 4. The molecular formula is C23H34F2IN5S. The zero-order valence-electron chi connectivity index (χ0n) is 19.0. The summed E-state index contributed by atoms with van der Waals surface area (Å²) in [5, 5.41) is 9.85. The van der Waals surface area contributed by atoms with Gasteiger partial charge in [0.15, 0.2) is 5.96 Å². The fraction of sp³-hybridized carbons (Fsp3) is 0.565. The number of aliphatic imine (C=N–C) groups is 1. The number of likely N-dealkylation sites (tertiary alicyclic amines) is 1. The van der Waals surface area contributed by atoms with Crippen molar-refractivity contribution in [1.82, 2.24) is 20.5 Å². The van der Waals surface area contributed by atoms with E-state index in [1.165, 1.54) is 22.8 Å². The first-order valence-electron chi connectivity index (χ1n) is 11.1. The fourth-order valence-electron chi connectivity index (χ4n) is 3.82. The van der Waals surface area contributed by atoms with Gasteiger partial charge in [-0.3, -0.25) is 9.89 Å². The minimum absolute atomic E-state index is 0. The Labute approximate surface area is 211 Å². The molecule has 1 saturated heterocycles. The summed E-state index contributed by atoms with van der Waals surface area (Å²) in [6.07, 6.45) is 3.21. The molecule has 0 amide bonds. The SMILES string of the molecule is CCNC(=NCC1CCN(Cc2csc(CC)n2)CC1)NC(C)c1ccc(F)cc1F.I. The average Bonchev–Trinajstić information content (AvgIpc) is 3.20. The summed E-state index contributed by atoms with van der Waals surface area (Å²) >= 11 is 1.75. The van der Waals surface area contributed by atoms with Crippen LogP contribution in [-0.2, 0) is 13.0 Å². The molecule has 1 aliphatic rings. The van der Waals surface area contributed by atoms with Crippen LogP contribution in [0.4, 0.5) is 8.78 Å². The molecule has 1 fully saturated rings. The highest BCUT2D eigenvalue weighted by Gasteiger charge is 2.20. The molecule has 0 saturated carbocycles. The van der Waals surface area contributed by atoms with E-state index in [2.05, 4.69) is 32.8 Å². The van der Waals surface area contributed by atoms with E-state index in [0.717, 1.165) is 58.1 Å². The third-order valence-electron chi connectivity index (χ3n) is 5.63. The second kappa shape index (κ2) is 13.4. The van der Waals surface area contributed by atoms with Crippen molar-refractivity contribution >= 4 is 41.3 Å². The number of halogens is 3. The van der Waals surface area contributed by atoms with Crippen molar-refractivity contribution < 1.29 is 8.78 Å². The molecule has 1 aromatic carbocycles. The van der Waals surface area contributed by atoms with E-state index in [-0.39, 0.29) is 30.0 Å². The molecule has 2 aromatic rings. The lowest BCUT2D eigenvalue weighted by atomic mass is 9.97. The highest BCUT2D eigenvalue weighted by molar-refractivity contribution is 14.0. The Morgan fingerprint density at radius 1 is 1.28 bits per heavy atom. The normalized spacial score (nSPS) is 16.5. The molecule has 2 heterocycles. The van der Waals surface area contributed by atoms with Crippen LogP contribution in [0.1, 0.15) is 55.9 Å². The van der Waals surface area contributed by atoms with Gasteiger partial charge in [-0.05, 0) is 58.2 Å². The first-order chi connectivity index (χ1) is 15.0. The van der Waals surface area contributed by atoms with Crippen LogP contribution in [0.3, 0.4) is 0 Å². The first kappa shape index (κ1) is 26.9. The smallest absolute Gasteiger partial charge is 0.191 e. The molecule has 1 atom stereocenters. The lowest BCUT2D eigenvalue weighted by molar-refractivity contribution is 0.179. The minimum Gasteiger partial charge on any atom is -0.357 e. The van der Waals surface area contributed by atoms with Gasteiger partial charge in [0.05, 0.1) is 16.7 Å². The summed E-state index contributed by atoms with van der Waals surface area (Å²) in [5.41, 5.74) is 1.60. The Bertz CT molecular complexity index is 868. The Morgan fingerprint density at radius 3 is 2.66 bits per heavy atom. The average molecular weight is 578 g/mol. The number of nitrogens with zero attached hydrogens (tertiary/aromatic N) is 3. The van der Waals surface area contributed by atoms with Crippen molar-refractivity contribution in [3.05, 3.63) is 51.5 Å². The van der Waals surface area contributed by atoms with Gasteiger partial charge in [0.2, 0.25) is 0 Å². The van der Waals surface area contributed by atoms with Crippen molar-refractivity contribution in [3.8, 4) is 0 Å². The van der Waals surface area contributed by atoms with Crippen molar-refractivity contribution in [2.75, 3.05) is 26.2 Å². The predicted octanol–water partition coefficient (Wildman–Crippen LogP) is 5.13. The first-order valence-corrected chi connectivity index (χ1v) is 12.0.